The monoisotopic (exact) mass is 132 g/mol. The van der Waals surface area contributed by atoms with E-state index in [-0.39, 0.29) is 0 Å². The van der Waals surface area contributed by atoms with Crippen LogP contribution in [-0.2, 0) is 4.18 Å². The lowest BCUT2D eigenvalue weighted by Crippen LogP contribution is -2.22. The van der Waals surface area contributed by atoms with Crippen LogP contribution in [-0.4, -0.2) is 12.4 Å². The molecule has 1 aliphatic heterocycles. The maximum absolute atomic E-state index is 5.20. The van der Waals surface area contributed by atoms with Gasteiger partial charge in [0, 0.05) is 5.75 Å². The second-order valence-corrected chi connectivity index (χ2v) is 3.88. The topological polar surface area (TPSA) is 9.23 Å². The van der Waals surface area contributed by atoms with Crippen molar-refractivity contribution in [3.05, 3.63) is 0 Å². The summed E-state index contributed by atoms with van der Waals surface area (Å²) < 4.78 is 5.20. The predicted octanol–water partition coefficient (Wildman–Crippen LogP) is 2.08. The van der Waals surface area contributed by atoms with Crippen LogP contribution in [0.3, 0.4) is 0 Å². The van der Waals surface area contributed by atoms with E-state index < -0.39 is 0 Å². The van der Waals surface area contributed by atoms with E-state index in [2.05, 4.69) is 13.8 Å². The van der Waals surface area contributed by atoms with Crippen molar-refractivity contribution in [3.63, 3.8) is 0 Å². The molecular formula is C6H12OS. The molecule has 0 saturated carbocycles. The van der Waals surface area contributed by atoms with Crippen molar-refractivity contribution >= 4 is 12.0 Å². The van der Waals surface area contributed by atoms with Gasteiger partial charge in [-0.3, -0.25) is 0 Å². The molecule has 1 aliphatic rings. The van der Waals surface area contributed by atoms with Crippen LogP contribution < -0.4 is 0 Å². The summed E-state index contributed by atoms with van der Waals surface area (Å²) in [6.45, 7) is 5.40. The van der Waals surface area contributed by atoms with Gasteiger partial charge in [-0.1, -0.05) is 13.8 Å². The molecule has 0 N–H and O–H groups in total. The van der Waals surface area contributed by atoms with Crippen molar-refractivity contribution < 1.29 is 4.18 Å². The average molecular weight is 132 g/mol. The van der Waals surface area contributed by atoms with Crippen molar-refractivity contribution in [1.82, 2.24) is 0 Å². The molecule has 0 unspecified atom stereocenters. The Kier molecular flexibility index (Phi) is 1.83. The lowest BCUT2D eigenvalue weighted by Gasteiger charge is -2.27. The Balaban J connectivity index is 2.33. The fourth-order valence-electron chi connectivity index (χ4n) is 0.650. The highest BCUT2D eigenvalue weighted by molar-refractivity contribution is 7.94. The number of rotatable bonds is 0. The minimum absolute atomic E-state index is 0.436. The smallest absolute Gasteiger partial charge is 0.0665 e. The summed E-state index contributed by atoms with van der Waals surface area (Å²) >= 11 is 1.60. The highest BCUT2D eigenvalue weighted by Gasteiger charge is 2.21. The number of hydrogen-bond donors (Lipinski definition) is 0. The summed E-state index contributed by atoms with van der Waals surface area (Å²) in [6, 6.07) is 0. The molecule has 1 nitrogen and oxygen atoms in total. The van der Waals surface area contributed by atoms with Gasteiger partial charge in [0.1, 0.15) is 0 Å². The maximum Gasteiger partial charge on any atom is 0.0665 e. The van der Waals surface area contributed by atoms with Crippen molar-refractivity contribution in [2.24, 2.45) is 5.41 Å². The van der Waals surface area contributed by atoms with Gasteiger partial charge in [-0.15, -0.1) is 0 Å². The van der Waals surface area contributed by atoms with Crippen LogP contribution in [0.4, 0.5) is 0 Å². The molecule has 1 fully saturated rings. The zero-order valence-corrected chi connectivity index (χ0v) is 6.25. The molecule has 1 saturated heterocycles. The molecule has 0 atom stereocenters. The Bertz CT molecular complexity index is 72.6. The minimum atomic E-state index is 0.436. The Morgan fingerprint density at radius 3 is 2.50 bits per heavy atom. The van der Waals surface area contributed by atoms with E-state index >= 15 is 0 Å². The summed E-state index contributed by atoms with van der Waals surface area (Å²) in [4.78, 5) is 0. The minimum Gasteiger partial charge on any atom is -0.315 e. The fourth-order valence-corrected chi connectivity index (χ4v) is 1.81. The lowest BCUT2D eigenvalue weighted by molar-refractivity contribution is 0.184. The van der Waals surface area contributed by atoms with E-state index in [9.17, 15) is 0 Å². The second-order valence-electron chi connectivity index (χ2n) is 3.00. The molecular weight excluding hydrogens is 120 g/mol. The van der Waals surface area contributed by atoms with Gasteiger partial charge in [0.15, 0.2) is 0 Å². The van der Waals surface area contributed by atoms with Crippen molar-refractivity contribution in [1.29, 1.82) is 0 Å². The normalized spacial score (nSPS) is 27.8. The van der Waals surface area contributed by atoms with E-state index in [4.69, 9.17) is 4.18 Å². The fraction of sp³-hybridized carbons (Fsp3) is 1.00. The molecule has 8 heavy (non-hydrogen) atoms. The van der Waals surface area contributed by atoms with Crippen LogP contribution in [0.25, 0.3) is 0 Å². The highest BCUT2D eigenvalue weighted by Crippen LogP contribution is 2.29. The summed E-state index contributed by atoms with van der Waals surface area (Å²) in [5, 5.41) is 0. The maximum atomic E-state index is 5.20. The molecule has 0 aromatic rings. The number of hydrogen-bond acceptors (Lipinski definition) is 2. The molecule has 2 heteroatoms. The summed E-state index contributed by atoms with van der Waals surface area (Å²) in [5.74, 6) is 1.16. The SMILES string of the molecule is CC1(C)CCSOC1. The Hall–Kier alpha value is 0.310. The first-order valence-corrected chi connectivity index (χ1v) is 3.86. The predicted molar refractivity (Wildman–Crippen MR) is 36.8 cm³/mol. The zero-order valence-electron chi connectivity index (χ0n) is 5.44. The third kappa shape index (κ3) is 1.67. The molecule has 1 rings (SSSR count). The molecule has 48 valence electrons. The van der Waals surface area contributed by atoms with Crippen molar-refractivity contribution in [3.8, 4) is 0 Å². The van der Waals surface area contributed by atoms with E-state index in [1.165, 1.54) is 6.42 Å². The third-order valence-corrected chi connectivity index (χ3v) is 2.05. The van der Waals surface area contributed by atoms with Gasteiger partial charge in [0.05, 0.1) is 6.61 Å². The largest absolute Gasteiger partial charge is 0.315 e. The molecule has 0 radical (unpaired) electrons. The standard InChI is InChI=1S/C6H12OS/c1-6(2)3-4-8-7-5-6/h3-5H2,1-2H3. The van der Waals surface area contributed by atoms with E-state index in [0.29, 0.717) is 5.41 Å². The van der Waals surface area contributed by atoms with Gasteiger partial charge in [0.25, 0.3) is 0 Å². The van der Waals surface area contributed by atoms with Gasteiger partial charge in [-0.2, -0.15) is 0 Å². The molecule has 0 bridgehead atoms. The van der Waals surface area contributed by atoms with E-state index in [1.54, 1.807) is 12.0 Å². The van der Waals surface area contributed by atoms with Crippen LogP contribution >= 0.6 is 12.0 Å². The zero-order chi connectivity index (χ0) is 6.04. The average Bonchev–Trinajstić information content (AvgIpc) is 1.65. The van der Waals surface area contributed by atoms with E-state index in [1.807, 2.05) is 0 Å². The Labute approximate surface area is 55.0 Å². The lowest BCUT2D eigenvalue weighted by atomic mass is 9.92. The Morgan fingerprint density at radius 2 is 2.25 bits per heavy atom. The first-order chi connectivity index (χ1) is 3.71. The summed E-state index contributed by atoms with van der Waals surface area (Å²) in [7, 11) is 0. The van der Waals surface area contributed by atoms with Gasteiger partial charge in [0.2, 0.25) is 0 Å². The van der Waals surface area contributed by atoms with Gasteiger partial charge >= 0.3 is 0 Å². The molecule has 0 aromatic heterocycles. The first-order valence-electron chi connectivity index (χ1n) is 2.95. The van der Waals surface area contributed by atoms with Gasteiger partial charge < -0.3 is 4.18 Å². The van der Waals surface area contributed by atoms with Crippen molar-refractivity contribution in [2.75, 3.05) is 12.4 Å². The van der Waals surface area contributed by atoms with Crippen LogP contribution in [0, 0.1) is 5.41 Å². The van der Waals surface area contributed by atoms with Crippen LogP contribution in [0.1, 0.15) is 20.3 Å². The van der Waals surface area contributed by atoms with Crippen LogP contribution in [0.5, 0.6) is 0 Å². The molecule has 0 aromatic carbocycles. The van der Waals surface area contributed by atoms with Crippen molar-refractivity contribution in [2.45, 2.75) is 20.3 Å². The van der Waals surface area contributed by atoms with Gasteiger partial charge in [-0.05, 0) is 23.9 Å². The summed E-state index contributed by atoms with van der Waals surface area (Å²) in [5.41, 5.74) is 0.436. The van der Waals surface area contributed by atoms with Gasteiger partial charge in [-0.25, -0.2) is 0 Å². The summed E-state index contributed by atoms with van der Waals surface area (Å²) in [6.07, 6.45) is 1.29. The third-order valence-electron chi connectivity index (χ3n) is 1.40. The first kappa shape index (κ1) is 6.43. The van der Waals surface area contributed by atoms with Crippen LogP contribution in [0.15, 0.2) is 0 Å². The molecule has 1 heterocycles. The highest BCUT2D eigenvalue weighted by atomic mass is 32.2. The van der Waals surface area contributed by atoms with E-state index in [0.717, 1.165) is 12.4 Å². The molecule has 0 spiro atoms. The molecule has 0 aliphatic carbocycles. The van der Waals surface area contributed by atoms with Crippen LogP contribution in [0.2, 0.25) is 0 Å². The quantitative estimate of drug-likeness (QED) is 0.467. The second kappa shape index (κ2) is 2.28. The molecule has 0 amide bonds. The Morgan fingerprint density at radius 1 is 1.50 bits per heavy atom.